The van der Waals surface area contributed by atoms with E-state index in [1.165, 1.54) is 6.07 Å². The van der Waals surface area contributed by atoms with Crippen molar-refractivity contribution in [3.63, 3.8) is 0 Å². The van der Waals surface area contributed by atoms with Crippen molar-refractivity contribution in [2.75, 3.05) is 20.7 Å². The molecule has 0 saturated carbocycles. The fourth-order valence-corrected chi connectivity index (χ4v) is 3.81. The van der Waals surface area contributed by atoms with E-state index in [9.17, 15) is 9.18 Å². The van der Waals surface area contributed by atoms with Crippen molar-refractivity contribution in [1.82, 2.24) is 15.0 Å². The number of methoxy groups -OCH3 is 1. The lowest BCUT2D eigenvalue weighted by atomic mass is 9.97. The molecule has 0 saturated heterocycles. The summed E-state index contributed by atoms with van der Waals surface area (Å²) in [6.45, 7) is 0.719. The van der Waals surface area contributed by atoms with Crippen LogP contribution in [0.15, 0.2) is 71.3 Å². The number of rotatable bonds is 9. The van der Waals surface area contributed by atoms with Gasteiger partial charge in [0.1, 0.15) is 5.82 Å². The van der Waals surface area contributed by atoms with E-state index in [0.717, 1.165) is 22.3 Å². The molecule has 34 heavy (non-hydrogen) atoms. The molecule has 0 unspecified atom stereocenters. The summed E-state index contributed by atoms with van der Waals surface area (Å²) in [5, 5.41) is 13.1. The Kier molecular flexibility index (Phi) is 7.10. The summed E-state index contributed by atoms with van der Waals surface area (Å²) in [7, 11) is 3.33. The molecule has 4 rings (SSSR count). The van der Waals surface area contributed by atoms with Gasteiger partial charge in [0.15, 0.2) is 0 Å². The fourth-order valence-electron chi connectivity index (χ4n) is 3.81. The van der Waals surface area contributed by atoms with E-state index < -0.39 is 5.97 Å². The van der Waals surface area contributed by atoms with Gasteiger partial charge < -0.3 is 14.4 Å². The van der Waals surface area contributed by atoms with E-state index in [-0.39, 0.29) is 12.4 Å². The second-order valence-electron chi connectivity index (χ2n) is 7.97. The monoisotopic (exact) mass is 461 g/mol. The minimum absolute atomic E-state index is 0.0523. The number of aliphatic carboxylic acids is 1. The highest BCUT2D eigenvalue weighted by molar-refractivity contribution is 5.72. The van der Waals surface area contributed by atoms with Crippen LogP contribution in [0.25, 0.3) is 34.0 Å². The van der Waals surface area contributed by atoms with Gasteiger partial charge in [-0.3, -0.25) is 9.69 Å². The van der Waals surface area contributed by atoms with Crippen molar-refractivity contribution in [3.8, 4) is 34.0 Å². The van der Waals surface area contributed by atoms with Gasteiger partial charge in [-0.15, -0.1) is 0 Å². The number of aromatic nitrogens is 2. The molecule has 0 aliphatic carbocycles. The SMILES string of the molecule is COCc1cc(-c2nc(-c3cccc(CN(C)CC(=O)O)c3)no2)ccc1-c1ccccc1F. The Morgan fingerprint density at radius 1 is 1.06 bits per heavy atom. The number of hydrogen-bond donors (Lipinski definition) is 1. The van der Waals surface area contributed by atoms with Crippen LogP contribution in [0, 0.1) is 5.82 Å². The molecule has 0 fully saturated rings. The van der Waals surface area contributed by atoms with Gasteiger partial charge in [0.25, 0.3) is 5.89 Å². The van der Waals surface area contributed by atoms with Crippen molar-refractivity contribution in [1.29, 1.82) is 0 Å². The first kappa shape index (κ1) is 23.3. The maximum absolute atomic E-state index is 14.4. The quantitative estimate of drug-likeness (QED) is 0.380. The van der Waals surface area contributed by atoms with Crippen LogP contribution >= 0.6 is 0 Å². The number of carboxylic acid groups (broad SMARTS) is 1. The van der Waals surface area contributed by atoms with Crippen molar-refractivity contribution in [2.45, 2.75) is 13.2 Å². The zero-order valence-electron chi connectivity index (χ0n) is 18.9. The highest BCUT2D eigenvalue weighted by Gasteiger charge is 2.16. The highest BCUT2D eigenvalue weighted by atomic mass is 19.1. The van der Waals surface area contributed by atoms with E-state index in [1.54, 1.807) is 37.3 Å². The van der Waals surface area contributed by atoms with Gasteiger partial charge in [-0.1, -0.05) is 47.6 Å². The van der Waals surface area contributed by atoms with Crippen LogP contribution in [0.3, 0.4) is 0 Å². The summed E-state index contributed by atoms with van der Waals surface area (Å²) in [5.41, 5.74) is 4.43. The first-order valence-corrected chi connectivity index (χ1v) is 10.6. The Balaban J connectivity index is 1.61. The topological polar surface area (TPSA) is 88.7 Å². The van der Waals surface area contributed by atoms with Crippen LogP contribution in [0.1, 0.15) is 11.1 Å². The molecular weight excluding hydrogens is 437 g/mol. The molecular formula is C26H24FN3O4. The van der Waals surface area contributed by atoms with Crippen molar-refractivity contribution < 1.29 is 23.6 Å². The van der Waals surface area contributed by atoms with Gasteiger partial charge in [0, 0.05) is 30.3 Å². The zero-order valence-corrected chi connectivity index (χ0v) is 18.9. The first-order valence-electron chi connectivity index (χ1n) is 10.6. The summed E-state index contributed by atoms with van der Waals surface area (Å²) in [6, 6.07) is 19.7. The zero-order chi connectivity index (χ0) is 24.1. The second kappa shape index (κ2) is 10.4. The van der Waals surface area contributed by atoms with E-state index >= 15 is 0 Å². The lowest BCUT2D eigenvalue weighted by molar-refractivity contribution is -0.138. The molecule has 7 nitrogen and oxygen atoms in total. The summed E-state index contributed by atoms with van der Waals surface area (Å²) in [6.07, 6.45) is 0. The Bertz CT molecular complexity index is 1300. The smallest absolute Gasteiger partial charge is 0.317 e. The number of nitrogens with zero attached hydrogens (tertiary/aromatic N) is 3. The van der Waals surface area contributed by atoms with E-state index in [4.69, 9.17) is 14.4 Å². The predicted molar refractivity (Wildman–Crippen MR) is 125 cm³/mol. The summed E-state index contributed by atoms with van der Waals surface area (Å²) in [4.78, 5) is 17.2. The average molecular weight is 461 g/mol. The number of likely N-dealkylation sites (N-methyl/N-ethyl adjacent to an activating group) is 1. The second-order valence-corrected chi connectivity index (χ2v) is 7.97. The van der Waals surface area contributed by atoms with Crippen LogP contribution in [-0.2, 0) is 22.7 Å². The molecule has 0 aliphatic heterocycles. The van der Waals surface area contributed by atoms with Crippen LogP contribution in [0.2, 0.25) is 0 Å². The highest BCUT2D eigenvalue weighted by Crippen LogP contribution is 2.31. The molecule has 4 aromatic rings. The Morgan fingerprint density at radius 3 is 2.65 bits per heavy atom. The lowest BCUT2D eigenvalue weighted by Crippen LogP contribution is -2.25. The minimum Gasteiger partial charge on any atom is -0.480 e. The van der Waals surface area contributed by atoms with Gasteiger partial charge in [-0.05, 0) is 48.0 Å². The molecule has 0 spiro atoms. The average Bonchev–Trinajstić information content (AvgIpc) is 3.30. The molecule has 0 radical (unpaired) electrons. The molecule has 0 aliphatic rings. The van der Waals surface area contributed by atoms with E-state index in [1.807, 2.05) is 42.5 Å². The molecule has 8 heteroatoms. The number of benzene rings is 3. The molecule has 0 bridgehead atoms. The van der Waals surface area contributed by atoms with E-state index in [0.29, 0.717) is 36.0 Å². The third-order valence-corrected chi connectivity index (χ3v) is 5.28. The predicted octanol–water partition coefficient (Wildman–Crippen LogP) is 4.87. The van der Waals surface area contributed by atoms with Crippen molar-refractivity contribution in [3.05, 3.63) is 83.7 Å². The molecule has 1 N–H and O–H groups in total. The maximum Gasteiger partial charge on any atom is 0.317 e. The van der Waals surface area contributed by atoms with Crippen LogP contribution in [0.4, 0.5) is 4.39 Å². The minimum atomic E-state index is -0.879. The fraction of sp³-hybridized carbons (Fsp3) is 0.192. The molecule has 3 aromatic carbocycles. The number of carbonyl (C=O) groups is 1. The van der Waals surface area contributed by atoms with E-state index in [2.05, 4.69) is 10.1 Å². The third-order valence-electron chi connectivity index (χ3n) is 5.28. The summed E-state index contributed by atoms with van der Waals surface area (Å²) >= 11 is 0. The Labute approximate surface area is 196 Å². The Morgan fingerprint density at radius 2 is 1.88 bits per heavy atom. The molecule has 1 aromatic heterocycles. The molecule has 0 amide bonds. The molecule has 1 heterocycles. The van der Waals surface area contributed by atoms with Crippen LogP contribution in [-0.4, -0.2) is 46.8 Å². The summed E-state index contributed by atoms with van der Waals surface area (Å²) in [5.74, 6) is -0.429. The van der Waals surface area contributed by atoms with Crippen LogP contribution < -0.4 is 0 Å². The van der Waals surface area contributed by atoms with Gasteiger partial charge in [-0.25, -0.2) is 4.39 Å². The standard InChI is InChI=1S/C26H24FN3O4/c1-30(15-24(31)32)14-17-6-5-7-18(12-17)25-28-26(34-29-25)19-10-11-21(20(13-19)16-33-2)22-8-3-4-9-23(22)27/h3-13H,14-16H2,1-2H3,(H,31,32). The lowest BCUT2D eigenvalue weighted by Gasteiger charge is -2.14. The van der Waals surface area contributed by atoms with Crippen molar-refractivity contribution >= 4 is 5.97 Å². The number of ether oxygens (including phenoxy) is 1. The van der Waals surface area contributed by atoms with Gasteiger partial charge in [-0.2, -0.15) is 4.98 Å². The first-order chi connectivity index (χ1) is 16.4. The largest absolute Gasteiger partial charge is 0.480 e. The normalized spacial score (nSPS) is 11.2. The summed E-state index contributed by atoms with van der Waals surface area (Å²) < 4.78 is 25.2. The van der Waals surface area contributed by atoms with Gasteiger partial charge >= 0.3 is 5.97 Å². The number of halogens is 1. The third kappa shape index (κ3) is 5.36. The van der Waals surface area contributed by atoms with Gasteiger partial charge in [0.05, 0.1) is 13.2 Å². The molecule has 0 atom stereocenters. The maximum atomic E-state index is 14.4. The van der Waals surface area contributed by atoms with Crippen LogP contribution in [0.5, 0.6) is 0 Å². The van der Waals surface area contributed by atoms with Crippen molar-refractivity contribution in [2.24, 2.45) is 0 Å². The molecule has 174 valence electrons. The van der Waals surface area contributed by atoms with Gasteiger partial charge in [0.2, 0.25) is 5.82 Å². The Hall–Kier alpha value is -3.88. The number of hydrogen-bond acceptors (Lipinski definition) is 6. The number of carboxylic acids is 1.